The van der Waals surface area contributed by atoms with Crippen molar-refractivity contribution in [2.75, 3.05) is 17.2 Å². The van der Waals surface area contributed by atoms with Gasteiger partial charge in [-0.05, 0) is 23.6 Å². The van der Waals surface area contributed by atoms with E-state index in [1.54, 1.807) is 0 Å². The lowest BCUT2D eigenvalue weighted by atomic mass is 10.2. The highest BCUT2D eigenvalue weighted by Gasteiger charge is 2.24. The van der Waals surface area contributed by atoms with Crippen LogP contribution >= 0.6 is 11.8 Å². The molecular formula is C19H17N3OS. The molecular weight excluding hydrogens is 318 g/mol. The molecule has 4 nitrogen and oxygen atoms in total. The first-order valence-electron chi connectivity index (χ1n) is 7.93. The molecule has 0 bridgehead atoms. The molecule has 0 radical (unpaired) electrons. The van der Waals surface area contributed by atoms with Gasteiger partial charge in [0, 0.05) is 12.2 Å². The number of aromatic amines is 1. The Morgan fingerprint density at radius 2 is 1.92 bits per heavy atom. The highest BCUT2D eigenvalue weighted by atomic mass is 32.2. The minimum atomic E-state index is 0.127. The zero-order valence-corrected chi connectivity index (χ0v) is 13.9. The Bertz CT molecular complexity index is 860. The number of rotatable bonds is 4. The molecule has 3 aromatic rings. The second-order valence-corrected chi connectivity index (χ2v) is 6.64. The summed E-state index contributed by atoms with van der Waals surface area (Å²) in [5.74, 6) is 0.512. The van der Waals surface area contributed by atoms with E-state index in [1.807, 2.05) is 59.6 Å². The standard InChI is InChI=1S/C19H17N3OS/c23-18(22-11-10-15-8-4-5-9-17(15)22)13-24-19-20-12-16(21-19)14-6-2-1-3-7-14/h1-9,12H,10-11,13H2,(H,20,21). The third-order valence-electron chi connectivity index (χ3n) is 4.16. The number of nitrogens with zero attached hydrogens (tertiary/aromatic N) is 2. The smallest absolute Gasteiger partial charge is 0.237 e. The fourth-order valence-electron chi connectivity index (χ4n) is 2.95. The molecule has 24 heavy (non-hydrogen) atoms. The Kier molecular flexibility index (Phi) is 4.09. The summed E-state index contributed by atoms with van der Waals surface area (Å²) in [6.07, 6.45) is 2.75. The normalized spacial score (nSPS) is 13.1. The molecule has 0 saturated carbocycles. The lowest BCUT2D eigenvalue weighted by Crippen LogP contribution is -2.30. The molecule has 0 fully saturated rings. The van der Waals surface area contributed by atoms with Crippen molar-refractivity contribution in [1.29, 1.82) is 0 Å². The zero-order chi connectivity index (χ0) is 16.4. The van der Waals surface area contributed by atoms with E-state index in [0.29, 0.717) is 5.75 Å². The van der Waals surface area contributed by atoms with Gasteiger partial charge in [-0.3, -0.25) is 4.79 Å². The Morgan fingerprint density at radius 3 is 2.79 bits per heavy atom. The van der Waals surface area contributed by atoms with Crippen LogP contribution in [-0.2, 0) is 11.2 Å². The van der Waals surface area contributed by atoms with Crippen LogP contribution in [0.25, 0.3) is 11.3 Å². The van der Waals surface area contributed by atoms with E-state index < -0.39 is 0 Å². The number of amides is 1. The van der Waals surface area contributed by atoms with Crippen LogP contribution in [0.2, 0.25) is 0 Å². The van der Waals surface area contributed by atoms with Crippen LogP contribution in [0, 0.1) is 0 Å². The van der Waals surface area contributed by atoms with Crippen LogP contribution in [0.3, 0.4) is 0 Å². The number of carbonyl (C=O) groups is 1. The SMILES string of the molecule is O=C(CSc1ncc(-c2ccccc2)[nH]1)N1CCc2ccccc21. The summed E-state index contributed by atoms with van der Waals surface area (Å²) in [6, 6.07) is 18.2. The molecule has 5 heteroatoms. The van der Waals surface area contributed by atoms with E-state index in [9.17, 15) is 4.79 Å². The highest BCUT2D eigenvalue weighted by Crippen LogP contribution is 2.29. The van der Waals surface area contributed by atoms with Gasteiger partial charge >= 0.3 is 0 Å². The molecule has 1 amide bonds. The third kappa shape index (κ3) is 2.95. The number of benzene rings is 2. The van der Waals surface area contributed by atoms with Gasteiger partial charge < -0.3 is 9.88 Å². The lowest BCUT2D eigenvalue weighted by Gasteiger charge is -2.16. The average molecular weight is 335 g/mol. The van der Waals surface area contributed by atoms with Crippen LogP contribution in [0.4, 0.5) is 5.69 Å². The topological polar surface area (TPSA) is 49.0 Å². The van der Waals surface area contributed by atoms with Crippen molar-refractivity contribution in [3.05, 3.63) is 66.4 Å². The maximum absolute atomic E-state index is 12.5. The first kappa shape index (κ1) is 15.0. The number of aromatic nitrogens is 2. The van der Waals surface area contributed by atoms with Gasteiger partial charge in [0.25, 0.3) is 0 Å². The minimum Gasteiger partial charge on any atom is -0.333 e. The van der Waals surface area contributed by atoms with Gasteiger partial charge in [-0.15, -0.1) is 0 Å². The Labute approximate surface area is 144 Å². The second kappa shape index (κ2) is 6.53. The number of hydrogen-bond acceptors (Lipinski definition) is 3. The number of thioether (sulfide) groups is 1. The summed E-state index contributed by atoms with van der Waals surface area (Å²) in [6.45, 7) is 0.770. The fourth-order valence-corrected chi connectivity index (χ4v) is 3.67. The molecule has 0 atom stereocenters. The van der Waals surface area contributed by atoms with E-state index in [2.05, 4.69) is 16.0 Å². The predicted octanol–water partition coefficient (Wildman–Crippen LogP) is 3.76. The van der Waals surface area contributed by atoms with Gasteiger partial charge in [-0.2, -0.15) is 0 Å². The summed E-state index contributed by atoms with van der Waals surface area (Å²) >= 11 is 1.45. The number of H-pyrrole nitrogens is 1. The van der Waals surface area contributed by atoms with Crippen LogP contribution in [0.15, 0.2) is 66.0 Å². The van der Waals surface area contributed by atoms with Crippen LogP contribution in [-0.4, -0.2) is 28.2 Å². The van der Waals surface area contributed by atoms with Crippen molar-refractivity contribution >= 4 is 23.4 Å². The highest BCUT2D eigenvalue weighted by molar-refractivity contribution is 7.99. The van der Waals surface area contributed by atoms with Gasteiger partial charge in [0.1, 0.15) is 0 Å². The Morgan fingerprint density at radius 1 is 1.12 bits per heavy atom. The summed E-state index contributed by atoms with van der Waals surface area (Å²) in [4.78, 5) is 22.0. The van der Waals surface area contributed by atoms with E-state index in [1.165, 1.54) is 17.3 Å². The minimum absolute atomic E-state index is 0.127. The predicted molar refractivity (Wildman–Crippen MR) is 97.2 cm³/mol. The van der Waals surface area contributed by atoms with E-state index in [0.717, 1.165) is 35.1 Å². The molecule has 0 aliphatic carbocycles. The molecule has 1 N–H and O–H groups in total. The molecule has 2 heterocycles. The van der Waals surface area contributed by atoms with Gasteiger partial charge in [0.05, 0.1) is 17.6 Å². The first-order chi connectivity index (χ1) is 11.8. The van der Waals surface area contributed by atoms with Crippen molar-refractivity contribution in [3.8, 4) is 11.3 Å². The molecule has 0 unspecified atom stereocenters. The number of imidazole rings is 1. The van der Waals surface area contributed by atoms with Crippen molar-refractivity contribution in [2.24, 2.45) is 0 Å². The van der Waals surface area contributed by atoms with Crippen LogP contribution < -0.4 is 4.90 Å². The average Bonchev–Trinajstić information content (AvgIpc) is 3.27. The molecule has 1 aromatic heterocycles. The lowest BCUT2D eigenvalue weighted by molar-refractivity contribution is -0.116. The quantitative estimate of drug-likeness (QED) is 0.739. The van der Waals surface area contributed by atoms with Crippen molar-refractivity contribution in [3.63, 3.8) is 0 Å². The Hall–Kier alpha value is -2.53. The van der Waals surface area contributed by atoms with Crippen molar-refractivity contribution in [1.82, 2.24) is 9.97 Å². The van der Waals surface area contributed by atoms with Gasteiger partial charge in [-0.1, -0.05) is 60.3 Å². The van der Waals surface area contributed by atoms with Crippen molar-refractivity contribution < 1.29 is 4.79 Å². The number of para-hydroxylation sites is 1. The van der Waals surface area contributed by atoms with Gasteiger partial charge in [0.2, 0.25) is 5.91 Å². The van der Waals surface area contributed by atoms with Gasteiger partial charge in [0.15, 0.2) is 5.16 Å². The summed E-state index contributed by atoms with van der Waals surface area (Å²) in [5, 5.41) is 0.773. The molecule has 1 aliphatic heterocycles. The van der Waals surface area contributed by atoms with E-state index in [4.69, 9.17) is 0 Å². The van der Waals surface area contributed by atoms with Crippen LogP contribution in [0.1, 0.15) is 5.56 Å². The maximum Gasteiger partial charge on any atom is 0.237 e. The maximum atomic E-state index is 12.5. The molecule has 0 saturated heterocycles. The van der Waals surface area contributed by atoms with E-state index in [-0.39, 0.29) is 5.91 Å². The summed E-state index contributed by atoms with van der Waals surface area (Å²) < 4.78 is 0. The fraction of sp³-hybridized carbons (Fsp3) is 0.158. The first-order valence-corrected chi connectivity index (χ1v) is 8.91. The number of nitrogens with one attached hydrogen (secondary N) is 1. The van der Waals surface area contributed by atoms with Crippen LogP contribution in [0.5, 0.6) is 0 Å². The number of hydrogen-bond donors (Lipinski definition) is 1. The number of carbonyl (C=O) groups excluding carboxylic acids is 1. The van der Waals surface area contributed by atoms with Crippen molar-refractivity contribution in [2.45, 2.75) is 11.6 Å². The monoisotopic (exact) mass is 335 g/mol. The van der Waals surface area contributed by atoms with Gasteiger partial charge in [-0.25, -0.2) is 4.98 Å². The van der Waals surface area contributed by atoms with E-state index >= 15 is 0 Å². The zero-order valence-electron chi connectivity index (χ0n) is 13.1. The second-order valence-electron chi connectivity index (χ2n) is 5.68. The number of anilines is 1. The molecule has 0 spiro atoms. The number of fused-ring (bicyclic) bond motifs is 1. The molecule has 120 valence electrons. The molecule has 4 rings (SSSR count). The summed E-state index contributed by atoms with van der Waals surface area (Å²) in [5.41, 5.74) is 4.36. The summed E-state index contributed by atoms with van der Waals surface area (Å²) in [7, 11) is 0. The Balaban J connectivity index is 1.41. The largest absolute Gasteiger partial charge is 0.333 e. The third-order valence-corrected chi connectivity index (χ3v) is 5.03. The molecule has 1 aliphatic rings. The molecule has 2 aromatic carbocycles.